The number of carbonyl (C=O) groups is 1. The standard InChI is InChI=1S/C32H31F4N3O/c1-18-4-8-23(14-19(18)2)38-30(40)29-25-11-5-21-15-28-20(17-37-39(28)24-9-6-22(33)7-10-24)16-31(21,3)26(25)12-13-27(29)32(34,35)36/h4,6-10,12,14-15,17,25,27,29H,5,11,13,16H2,1-3H3,(H,38,40)/t25?,27-,29-,31+/m1/s1. The van der Waals surface area contributed by atoms with E-state index in [2.05, 4.69) is 23.4 Å². The monoisotopic (exact) mass is 549 g/mol. The molecule has 0 aliphatic heterocycles. The molecule has 1 aromatic heterocycles. The lowest BCUT2D eigenvalue weighted by Gasteiger charge is -2.50. The van der Waals surface area contributed by atoms with Crippen molar-refractivity contribution in [2.45, 2.75) is 52.6 Å². The van der Waals surface area contributed by atoms with Gasteiger partial charge in [-0.1, -0.05) is 30.2 Å². The number of amides is 1. The molecule has 1 unspecified atom stereocenters. The van der Waals surface area contributed by atoms with E-state index in [4.69, 9.17) is 0 Å². The SMILES string of the molecule is Cc1ccc(NC(=O)[C@@H]2C3CCC4=Cc5c(cnn5-c5ccc(F)cc5)C[C@]4(C)C3=CC[C@H]2C(F)(F)F)cc1C. The van der Waals surface area contributed by atoms with Crippen LogP contribution in [0, 0.1) is 42.8 Å². The number of nitrogens with zero attached hydrogens (tertiary/aromatic N) is 2. The zero-order chi connectivity index (χ0) is 28.4. The third kappa shape index (κ3) is 4.38. The molecule has 1 saturated carbocycles. The van der Waals surface area contributed by atoms with Crippen molar-refractivity contribution in [1.29, 1.82) is 0 Å². The summed E-state index contributed by atoms with van der Waals surface area (Å²) in [7, 11) is 0. The number of carbonyl (C=O) groups excluding carboxylic acids is 1. The number of hydrogen-bond acceptors (Lipinski definition) is 2. The summed E-state index contributed by atoms with van der Waals surface area (Å²) in [5.41, 5.74) is 6.71. The molecule has 1 N–H and O–H groups in total. The summed E-state index contributed by atoms with van der Waals surface area (Å²) in [6, 6.07) is 11.5. The molecule has 8 heteroatoms. The summed E-state index contributed by atoms with van der Waals surface area (Å²) >= 11 is 0. The van der Waals surface area contributed by atoms with Crippen LogP contribution in [0.2, 0.25) is 0 Å². The predicted molar refractivity (Wildman–Crippen MR) is 146 cm³/mol. The van der Waals surface area contributed by atoms with Crippen molar-refractivity contribution < 1.29 is 22.4 Å². The second-order valence-corrected chi connectivity index (χ2v) is 11.6. The summed E-state index contributed by atoms with van der Waals surface area (Å²) in [4.78, 5) is 13.6. The van der Waals surface area contributed by atoms with Crippen molar-refractivity contribution in [1.82, 2.24) is 9.78 Å². The van der Waals surface area contributed by atoms with Crippen molar-refractivity contribution >= 4 is 17.7 Å². The van der Waals surface area contributed by atoms with E-state index >= 15 is 0 Å². The largest absolute Gasteiger partial charge is 0.392 e. The van der Waals surface area contributed by atoms with E-state index in [1.165, 1.54) is 12.1 Å². The summed E-state index contributed by atoms with van der Waals surface area (Å²) < 4.78 is 58.3. The lowest BCUT2D eigenvalue weighted by atomic mass is 9.54. The Kier molecular flexibility index (Phi) is 6.28. The number of rotatable bonds is 3. The highest BCUT2D eigenvalue weighted by molar-refractivity contribution is 5.93. The molecule has 4 nitrogen and oxygen atoms in total. The molecule has 1 amide bonds. The number of halogens is 4. The highest BCUT2D eigenvalue weighted by Crippen LogP contribution is 2.59. The molecule has 0 saturated heterocycles. The molecule has 0 spiro atoms. The van der Waals surface area contributed by atoms with E-state index < -0.39 is 35.3 Å². The van der Waals surface area contributed by atoms with Gasteiger partial charge in [-0.05, 0) is 105 Å². The highest BCUT2D eigenvalue weighted by Gasteiger charge is 2.56. The molecule has 0 radical (unpaired) electrons. The van der Waals surface area contributed by atoms with Crippen LogP contribution in [0.25, 0.3) is 11.8 Å². The predicted octanol–water partition coefficient (Wildman–Crippen LogP) is 7.75. The van der Waals surface area contributed by atoms with E-state index in [0.29, 0.717) is 24.9 Å². The molecular weight excluding hydrogens is 518 g/mol. The third-order valence-electron chi connectivity index (χ3n) is 9.24. The first-order valence-corrected chi connectivity index (χ1v) is 13.6. The van der Waals surface area contributed by atoms with Gasteiger partial charge < -0.3 is 5.32 Å². The van der Waals surface area contributed by atoms with Crippen LogP contribution in [0.5, 0.6) is 0 Å². The maximum Gasteiger partial charge on any atom is 0.392 e. The first-order valence-electron chi connectivity index (χ1n) is 13.6. The summed E-state index contributed by atoms with van der Waals surface area (Å²) in [5.74, 6) is -4.35. The van der Waals surface area contributed by atoms with Crippen molar-refractivity contribution in [2.24, 2.45) is 23.2 Å². The molecule has 1 heterocycles. The minimum Gasteiger partial charge on any atom is -0.326 e. The average Bonchev–Trinajstić information content (AvgIpc) is 3.30. The molecule has 4 atom stereocenters. The number of allylic oxidation sites excluding steroid dienone is 3. The lowest BCUT2D eigenvalue weighted by Crippen LogP contribution is -2.49. The van der Waals surface area contributed by atoms with Gasteiger partial charge in [0.2, 0.25) is 5.91 Å². The maximum absolute atomic E-state index is 14.3. The average molecular weight is 550 g/mol. The molecule has 0 bridgehead atoms. The molecule has 6 rings (SSSR count). The Bertz CT molecular complexity index is 1550. The van der Waals surface area contributed by atoms with Crippen molar-refractivity contribution in [3.8, 4) is 5.69 Å². The van der Waals surface area contributed by atoms with E-state index in [-0.39, 0.29) is 12.2 Å². The van der Waals surface area contributed by atoms with Crippen LogP contribution in [0.15, 0.2) is 65.9 Å². The molecule has 3 aliphatic carbocycles. The first-order chi connectivity index (χ1) is 19.0. The maximum atomic E-state index is 14.3. The summed E-state index contributed by atoms with van der Waals surface area (Å²) in [5, 5.41) is 7.38. The zero-order valence-corrected chi connectivity index (χ0v) is 22.6. The normalized spacial score (nSPS) is 25.7. The fourth-order valence-electron chi connectivity index (χ4n) is 6.98. The fourth-order valence-corrected chi connectivity index (χ4v) is 6.98. The Labute approximate surface area is 230 Å². The van der Waals surface area contributed by atoms with Gasteiger partial charge in [-0.15, -0.1) is 0 Å². The first kappa shape index (κ1) is 26.5. The van der Waals surface area contributed by atoms with Gasteiger partial charge in [-0.2, -0.15) is 18.3 Å². The Morgan fingerprint density at radius 3 is 2.55 bits per heavy atom. The molecule has 3 aromatic rings. The van der Waals surface area contributed by atoms with Crippen LogP contribution in [0.3, 0.4) is 0 Å². The summed E-state index contributed by atoms with van der Waals surface area (Å²) in [6.07, 6.45) is 2.56. The second kappa shape index (κ2) is 9.46. The van der Waals surface area contributed by atoms with Gasteiger partial charge in [0.05, 0.1) is 29.4 Å². The van der Waals surface area contributed by atoms with Crippen LogP contribution >= 0.6 is 0 Å². The number of benzene rings is 2. The quantitative estimate of drug-likeness (QED) is 0.268. The van der Waals surface area contributed by atoms with E-state index in [1.807, 2.05) is 19.9 Å². The Balaban J connectivity index is 1.35. The van der Waals surface area contributed by atoms with Gasteiger partial charge in [-0.3, -0.25) is 4.79 Å². The van der Waals surface area contributed by atoms with Crippen molar-refractivity contribution in [2.75, 3.05) is 5.32 Å². The number of aromatic nitrogens is 2. The Hall–Kier alpha value is -3.68. The smallest absolute Gasteiger partial charge is 0.326 e. The fraction of sp³-hybridized carbons (Fsp3) is 0.375. The minimum atomic E-state index is -4.49. The van der Waals surface area contributed by atoms with Crippen LogP contribution in [0.1, 0.15) is 48.6 Å². The molecule has 3 aliphatic rings. The number of aryl methyl sites for hydroxylation is 2. The molecular formula is C32H31F4N3O. The Morgan fingerprint density at radius 1 is 1.10 bits per heavy atom. The third-order valence-corrected chi connectivity index (χ3v) is 9.24. The van der Waals surface area contributed by atoms with Gasteiger partial charge in [-0.25, -0.2) is 9.07 Å². The number of fused-ring (bicyclic) bond motifs is 4. The van der Waals surface area contributed by atoms with Gasteiger partial charge in [0.15, 0.2) is 0 Å². The molecule has 1 fully saturated rings. The van der Waals surface area contributed by atoms with Gasteiger partial charge >= 0.3 is 6.18 Å². The topological polar surface area (TPSA) is 46.9 Å². The second-order valence-electron chi connectivity index (χ2n) is 11.6. The highest BCUT2D eigenvalue weighted by atomic mass is 19.4. The van der Waals surface area contributed by atoms with E-state index in [9.17, 15) is 22.4 Å². The number of alkyl halides is 3. The van der Waals surface area contributed by atoms with Crippen LogP contribution < -0.4 is 5.32 Å². The minimum absolute atomic E-state index is 0.217. The summed E-state index contributed by atoms with van der Waals surface area (Å²) in [6.45, 7) is 5.95. The van der Waals surface area contributed by atoms with E-state index in [0.717, 1.165) is 39.2 Å². The van der Waals surface area contributed by atoms with Crippen LogP contribution in [-0.4, -0.2) is 21.9 Å². The van der Waals surface area contributed by atoms with Crippen LogP contribution in [0.4, 0.5) is 23.2 Å². The van der Waals surface area contributed by atoms with Gasteiger partial charge in [0.25, 0.3) is 0 Å². The van der Waals surface area contributed by atoms with Crippen LogP contribution in [-0.2, 0) is 11.2 Å². The van der Waals surface area contributed by atoms with Crippen molar-refractivity contribution in [3.63, 3.8) is 0 Å². The number of hydrogen-bond donors (Lipinski definition) is 1. The van der Waals surface area contributed by atoms with E-state index in [1.54, 1.807) is 41.2 Å². The van der Waals surface area contributed by atoms with Crippen molar-refractivity contribution in [3.05, 3.63) is 94.1 Å². The number of nitrogens with one attached hydrogen (secondary N) is 1. The zero-order valence-electron chi connectivity index (χ0n) is 22.6. The molecule has 208 valence electrons. The Morgan fingerprint density at radius 2 is 1.85 bits per heavy atom. The van der Waals surface area contributed by atoms with Gasteiger partial charge in [0, 0.05) is 11.1 Å². The lowest BCUT2D eigenvalue weighted by molar-refractivity contribution is -0.196. The molecule has 40 heavy (non-hydrogen) atoms. The van der Waals surface area contributed by atoms with Gasteiger partial charge in [0.1, 0.15) is 5.82 Å². The molecule has 2 aromatic carbocycles. The number of anilines is 1.